The predicted molar refractivity (Wildman–Crippen MR) is 66.8 cm³/mol. The van der Waals surface area contributed by atoms with E-state index in [-0.39, 0.29) is 0 Å². The van der Waals surface area contributed by atoms with Crippen molar-refractivity contribution in [3.8, 4) is 6.07 Å². The Bertz CT molecular complexity index is 817. The molecule has 0 fully saturated rings. The molecule has 0 atom stereocenters. The number of hydrogen-bond acceptors (Lipinski definition) is 5. The van der Waals surface area contributed by atoms with E-state index in [0.717, 1.165) is 16.9 Å². The quantitative estimate of drug-likeness (QED) is 0.557. The summed E-state index contributed by atoms with van der Waals surface area (Å²) in [5.41, 5.74) is 4.69. The van der Waals surface area contributed by atoms with E-state index in [1.807, 2.05) is 13.8 Å². The summed E-state index contributed by atoms with van der Waals surface area (Å²) < 4.78 is 0. The lowest BCUT2D eigenvalue weighted by Gasteiger charge is -2.03. The number of benzene rings is 1. The molecule has 1 aromatic carbocycles. The molecule has 3 rings (SSSR count). The SMILES string of the molecule is Cc1nc2nc3ccc(C#N)cc3nc2nc1C. The summed E-state index contributed by atoms with van der Waals surface area (Å²) in [5, 5.41) is 8.86. The smallest absolute Gasteiger partial charge is 0.198 e. The van der Waals surface area contributed by atoms with Crippen molar-refractivity contribution in [3.63, 3.8) is 0 Å². The van der Waals surface area contributed by atoms with Crippen LogP contribution in [-0.2, 0) is 0 Å². The third kappa shape index (κ3) is 1.55. The molecule has 0 bridgehead atoms. The average molecular weight is 235 g/mol. The van der Waals surface area contributed by atoms with Crippen LogP contribution in [0.1, 0.15) is 17.0 Å². The van der Waals surface area contributed by atoms with E-state index in [2.05, 4.69) is 26.0 Å². The van der Waals surface area contributed by atoms with Crippen LogP contribution in [0.5, 0.6) is 0 Å². The number of nitriles is 1. The molecule has 0 saturated carbocycles. The van der Waals surface area contributed by atoms with Gasteiger partial charge in [0.2, 0.25) is 0 Å². The van der Waals surface area contributed by atoms with Gasteiger partial charge in [-0.25, -0.2) is 19.9 Å². The van der Waals surface area contributed by atoms with E-state index in [9.17, 15) is 0 Å². The van der Waals surface area contributed by atoms with Gasteiger partial charge in [0.1, 0.15) is 0 Å². The van der Waals surface area contributed by atoms with Crippen LogP contribution in [0, 0.1) is 25.2 Å². The first-order chi connectivity index (χ1) is 8.67. The van der Waals surface area contributed by atoms with Gasteiger partial charge in [-0.3, -0.25) is 0 Å². The van der Waals surface area contributed by atoms with Crippen molar-refractivity contribution >= 4 is 22.3 Å². The van der Waals surface area contributed by atoms with Crippen molar-refractivity contribution in [1.29, 1.82) is 5.26 Å². The largest absolute Gasteiger partial charge is 0.229 e. The van der Waals surface area contributed by atoms with Crippen LogP contribution < -0.4 is 0 Å². The topological polar surface area (TPSA) is 75.3 Å². The Morgan fingerprint density at radius 2 is 1.50 bits per heavy atom. The number of rotatable bonds is 0. The highest BCUT2D eigenvalue weighted by molar-refractivity contribution is 5.83. The van der Waals surface area contributed by atoms with E-state index >= 15 is 0 Å². The molecule has 5 heteroatoms. The Morgan fingerprint density at radius 1 is 0.889 bits per heavy atom. The monoisotopic (exact) mass is 235 g/mol. The molecule has 0 N–H and O–H groups in total. The van der Waals surface area contributed by atoms with E-state index in [1.165, 1.54) is 0 Å². The fourth-order valence-electron chi connectivity index (χ4n) is 1.73. The first-order valence-corrected chi connectivity index (χ1v) is 5.50. The van der Waals surface area contributed by atoms with Crippen LogP contribution in [0.3, 0.4) is 0 Å². The third-order valence-corrected chi connectivity index (χ3v) is 2.83. The van der Waals surface area contributed by atoms with Gasteiger partial charge in [0.05, 0.1) is 34.1 Å². The van der Waals surface area contributed by atoms with E-state index in [1.54, 1.807) is 18.2 Å². The zero-order valence-corrected chi connectivity index (χ0v) is 9.97. The molecule has 86 valence electrons. The molecule has 0 amide bonds. The molecule has 0 saturated heterocycles. The maximum absolute atomic E-state index is 8.86. The molecule has 2 aromatic heterocycles. The Hall–Kier alpha value is -2.61. The maximum Gasteiger partial charge on any atom is 0.198 e. The zero-order valence-electron chi connectivity index (χ0n) is 9.97. The van der Waals surface area contributed by atoms with Gasteiger partial charge in [-0.2, -0.15) is 5.26 Å². The number of nitrogens with zero attached hydrogens (tertiary/aromatic N) is 5. The minimum Gasteiger partial charge on any atom is -0.229 e. The van der Waals surface area contributed by atoms with Crippen molar-refractivity contribution in [2.75, 3.05) is 0 Å². The van der Waals surface area contributed by atoms with E-state index in [4.69, 9.17) is 5.26 Å². The van der Waals surface area contributed by atoms with Gasteiger partial charge in [-0.1, -0.05) is 0 Å². The molecular formula is C13H9N5. The van der Waals surface area contributed by atoms with E-state index in [0.29, 0.717) is 22.4 Å². The van der Waals surface area contributed by atoms with Gasteiger partial charge in [-0.05, 0) is 32.0 Å². The summed E-state index contributed by atoms with van der Waals surface area (Å²) in [6, 6.07) is 7.29. The van der Waals surface area contributed by atoms with Gasteiger partial charge in [0.25, 0.3) is 0 Å². The molecular weight excluding hydrogens is 226 g/mol. The zero-order chi connectivity index (χ0) is 12.7. The highest BCUT2D eigenvalue weighted by Crippen LogP contribution is 2.16. The average Bonchev–Trinajstić information content (AvgIpc) is 2.37. The van der Waals surface area contributed by atoms with Crippen molar-refractivity contribution in [2.45, 2.75) is 13.8 Å². The summed E-state index contributed by atoms with van der Waals surface area (Å²) in [5.74, 6) is 0. The van der Waals surface area contributed by atoms with Crippen LogP contribution in [-0.4, -0.2) is 19.9 Å². The number of aromatic nitrogens is 4. The molecule has 5 nitrogen and oxygen atoms in total. The van der Waals surface area contributed by atoms with E-state index < -0.39 is 0 Å². The Morgan fingerprint density at radius 3 is 2.11 bits per heavy atom. The Kier molecular flexibility index (Phi) is 2.17. The molecule has 2 heterocycles. The lowest BCUT2D eigenvalue weighted by molar-refractivity contribution is 1.07. The highest BCUT2D eigenvalue weighted by Gasteiger charge is 2.07. The Balaban J connectivity index is 2.40. The lowest BCUT2D eigenvalue weighted by atomic mass is 10.2. The van der Waals surface area contributed by atoms with Crippen molar-refractivity contribution in [2.24, 2.45) is 0 Å². The van der Waals surface area contributed by atoms with Crippen LogP contribution in [0.2, 0.25) is 0 Å². The first kappa shape index (κ1) is 10.5. The van der Waals surface area contributed by atoms with Gasteiger partial charge < -0.3 is 0 Å². The Labute approximate surface area is 103 Å². The molecule has 3 aromatic rings. The van der Waals surface area contributed by atoms with Gasteiger partial charge in [0, 0.05) is 0 Å². The summed E-state index contributed by atoms with van der Waals surface area (Å²) in [7, 11) is 0. The minimum absolute atomic E-state index is 0.515. The number of aryl methyl sites for hydroxylation is 2. The third-order valence-electron chi connectivity index (χ3n) is 2.83. The normalized spacial score (nSPS) is 10.7. The molecule has 0 aliphatic carbocycles. The summed E-state index contributed by atoms with van der Waals surface area (Å²) in [4.78, 5) is 17.5. The van der Waals surface area contributed by atoms with Gasteiger partial charge in [0.15, 0.2) is 11.3 Å². The lowest BCUT2D eigenvalue weighted by Crippen LogP contribution is -1.98. The maximum atomic E-state index is 8.86. The predicted octanol–water partition coefficient (Wildman–Crippen LogP) is 2.06. The fraction of sp³-hybridized carbons (Fsp3) is 0.154. The second-order valence-corrected chi connectivity index (χ2v) is 4.08. The van der Waals surface area contributed by atoms with Crippen molar-refractivity contribution in [1.82, 2.24) is 19.9 Å². The standard InChI is InChI=1S/C13H9N5/c1-7-8(2)16-13-12(15-7)17-10-4-3-9(6-14)5-11(10)18-13/h3-5H,1-2H3. The minimum atomic E-state index is 0.515. The summed E-state index contributed by atoms with van der Waals surface area (Å²) in [6.45, 7) is 3.78. The first-order valence-electron chi connectivity index (χ1n) is 5.50. The van der Waals surface area contributed by atoms with Gasteiger partial charge >= 0.3 is 0 Å². The molecule has 0 unspecified atom stereocenters. The second kappa shape index (κ2) is 3.70. The van der Waals surface area contributed by atoms with Gasteiger partial charge in [-0.15, -0.1) is 0 Å². The summed E-state index contributed by atoms with van der Waals surface area (Å²) >= 11 is 0. The molecule has 0 aliphatic heterocycles. The van der Waals surface area contributed by atoms with Crippen LogP contribution >= 0.6 is 0 Å². The second-order valence-electron chi connectivity index (χ2n) is 4.08. The highest BCUT2D eigenvalue weighted by atomic mass is 15.0. The summed E-state index contributed by atoms with van der Waals surface area (Å²) in [6.07, 6.45) is 0. The molecule has 0 spiro atoms. The molecule has 0 radical (unpaired) electrons. The molecule has 18 heavy (non-hydrogen) atoms. The van der Waals surface area contributed by atoms with Crippen LogP contribution in [0.25, 0.3) is 22.3 Å². The van der Waals surface area contributed by atoms with Crippen LogP contribution in [0.15, 0.2) is 18.2 Å². The molecule has 0 aliphatic rings. The van der Waals surface area contributed by atoms with Crippen molar-refractivity contribution < 1.29 is 0 Å². The fourth-order valence-corrected chi connectivity index (χ4v) is 1.73. The number of fused-ring (bicyclic) bond motifs is 2. The van der Waals surface area contributed by atoms with Crippen molar-refractivity contribution in [3.05, 3.63) is 35.2 Å². The van der Waals surface area contributed by atoms with Crippen LogP contribution in [0.4, 0.5) is 0 Å². The number of hydrogen-bond donors (Lipinski definition) is 0.